The predicted molar refractivity (Wildman–Crippen MR) is 226 cm³/mol. The van der Waals surface area contributed by atoms with Gasteiger partial charge >= 0.3 is 336 Å². The average Bonchev–Trinajstić information content (AvgIpc) is 3.29. The van der Waals surface area contributed by atoms with Gasteiger partial charge in [0.05, 0.1) is 0 Å². The minimum atomic E-state index is -4.55. The first-order valence-electron chi connectivity index (χ1n) is 17.8. The van der Waals surface area contributed by atoms with Crippen LogP contribution >= 0.6 is 0 Å². The Morgan fingerprint density at radius 1 is 0.236 bits per heavy atom. The molecule has 0 atom stereocenters. The summed E-state index contributed by atoms with van der Waals surface area (Å²) in [6.45, 7) is 0. The summed E-state index contributed by atoms with van der Waals surface area (Å²) in [4.78, 5) is 0. The third-order valence-electron chi connectivity index (χ3n) is 10.1. The van der Waals surface area contributed by atoms with Crippen molar-refractivity contribution in [3.63, 3.8) is 0 Å². The average molecular weight is 931 g/mol. The molecule has 0 spiro atoms. The quantitative estimate of drug-likeness (QED) is 0.216. The van der Waals surface area contributed by atoms with E-state index in [0.29, 0.717) is 0 Å². The minimum absolute atomic E-state index is 0.995. The molecule has 0 fully saturated rings. The van der Waals surface area contributed by atoms with Crippen LogP contribution < -0.4 is 34.8 Å². The maximum atomic E-state index is 13.0. The number of rotatable bonds is 8. The number of benzene rings is 8. The van der Waals surface area contributed by atoms with Gasteiger partial charge in [0.1, 0.15) is 0 Å². The van der Waals surface area contributed by atoms with Gasteiger partial charge in [0.25, 0.3) is 0 Å². The zero-order chi connectivity index (χ0) is 38.5. The van der Waals surface area contributed by atoms with E-state index >= 15 is 0 Å². The van der Waals surface area contributed by atoms with Gasteiger partial charge in [-0.05, 0) is 0 Å². The third-order valence-corrected chi connectivity index (χ3v) is 32.0. The van der Waals surface area contributed by atoms with Crippen molar-refractivity contribution in [3.8, 4) is 0 Å². The molecular weight excluding hydrogens is 888 g/mol. The van der Waals surface area contributed by atoms with Gasteiger partial charge in [0.2, 0.25) is 0 Å². The van der Waals surface area contributed by atoms with Crippen molar-refractivity contribution < 1.29 is 32.8 Å². The predicted octanol–water partition coefficient (Wildman–Crippen LogP) is 4.77. The van der Waals surface area contributed by atoms with E-state index in [0.717, 1.165) is 34.8 Å². The first kappa shape index (κ1) is 39.7. The van der Waals surface area contributed by atoms with E-state index in [9.17, 15) is 8.19 Å². The molecule has 4 nitrogen and oxygen atoms in total. The van der Waals surface area contributed by atoms with Crippen molar-refractivity contribution in [1.82, 2.24) is 0 Å². The fourth-order valence-electron chi connectivity index (χ4n) is 7.53. The maximum absolute atomic E-state index is 13.0. The second kappa shape index (κ2) is 17.7. The van der Waals surface area contributed by atoms with Crippen LogP contribution in [0, 0.1) is 0 Å². The zero-order valence-electron chi connectivity index (χ0n) is 30.1. The van der Waals surface area contributed by atoms with Gasteiger partial charge in [-0.2, -0.15) is 0 Å². The van der Waals surface area contributed by atoms with E-state index in [1.54, 1.807) is 0 Å². The Morgan fingerprint density at radius 3 is 0.418 bits per heavy atom. The Bertz CT molecular complexity index is 1910. The second-order valence-corrected chi connectivity index (χ2v) is 30.9. The summed E-state index contributed by atoms with van der Waals surface area (Å²) >= 11 is -11.0. The standard InChI is InChI=1S/2C24H21AsO.2O.Tc/c2*26-25(21-13-5-1-6-14-21,22-15-7-2-8-16-22,23-17-9-3-10-18-23)24-19-11-4-12-20-24;;;/h2*1-20,26H;;;. The summed E-state index contributed by atoms with van der Waals surface area (Å²) in [5.74, 6) is 0. The topological polar surface area (TPSA) is 74.6 Å². The van der Waals surface area contributed by atoms with Crippen molar-refractivity contribution >= 4 is 60.4 Å². The summed E-state index contributed by atoms with van der Waals surface area (Å²) in [6, 6.07) is 81.3. The molecule has 0 saturated carbocycles. The molecule has 0 aromatic heterocycles. The van der Waals surface area contributed by atoms with Crippen LogP contribution in [0.15, 0.2) is 243 Å². The molecule has 0 aliphatic rings. The molecule has 0 amide bonds. The van der Waals surface area contributed by atoms with Crippen molar-refractivity contribution in [2.24, 2.45) is 0 Å². The summed E-state index contributed by atoms with van der Waals surface area (Å²) in [5.41, 5.74) is 0. The van der Waals surface area contributed by atoms with Crippen LogP contribution in [0.4, 0.5) is 0 Å². The van der Waals surface area contributed by atoms with E-state index in [2.05, 4.69) is 97.1 Å². The zero-order valence-corrected chi connectivity index (χ0v) is 35.7. The van der Waals surface area contributed by atoms with Gasteiger partial charge < -0.3 is 0 Å². The summed E-state index contributed by atoms with van der Waals surface area (Å²) in [7, 11) is 0. The second-order valence-electron chi connectivity index (χ2n) is 12.9. The van der Waals surface area contributed by atoms with Gasteiger partial charge in [-0.1, -0.05) is 0 Å². The molecule has 0 radical (unpaired) electrons. The van der Waals surface area contributed by atoms with E-state index in [1.165, 1.54) is 0 Å². The Hall–Kier alpha value is -4.95. The molecule has 0 bridgehead atoms. The summed E-state index contributed by atoms with van der Waals surface area (Å²) < 4.78 is 51.0. The van der Waals surface area contributed by atoms with Crippen LogP contribution in [0.2, 0.25) is 0 Å². The van der Waals surface area contributed by atoms with E-state index in [1.807, 2.05) is 146 Å². The summed E-state index contributed by atoms with van der Waals surface area (Å²) in [5, 5.41) is 0. The van der Waals surface area contributed by atoms with Gasteiger partial charge in [0.15, 0.2) is 0 Å². The Morgan fingerprint density at radius 2 is 0.327 bits per heavy atom. The molecule has 0 unspecified atom stereocenters. The molecule has 0 aliphatic carbocycles. The molecule has 0 heterocycles. The Kier molecular flexibility index (Phi) is 12.8. The first-order valence-corrected chi connectivity index (χ1v) is 28.5. The SMILES string of the molecule is O[As](c1ccccc1)(c1ccccc1)(c1ccccc1)c1ccccc1.O[As](c1ccccc1)(c1ccccc1)(c1ccccc1)c1ccccc1.[O]=[Tc]=[O]. The number of hydrogen-bond donors (Lipinski definition) is 2. The molecule has 0 saturated heterocycles. The van der Waals surface area contributed by atoms with Crippen LogP contribution in [-0.4, -0.2) is 33.8 Å². The van der Waals surface area contributed by atoms with Gasteiger partial charge in [-0.15, -0.1) is 0 Å². The molecule has 8 aromatic carbocycles. The number of hydrogen-bond acceptors (Lipinski definition) is 4. The fourth-order valence-corrected chi connectivity index (χ4v) is 27.7. The van der Waals surface area contributed by atoms with Gasteiger partial charge in [-0.3, -0.25) is 0 Å². The molecule has 275 valence electrons. The molecular formula is C48H42As2O4Tc. The summed E-state index contributed by atoms with van der Waals surface area (Å²) in [6.07, 6.45) is 0. The molecule has 0 aliphatic heterocycles. The molecule has 55 heavy (non-hydrogen) atoms. The normalized spacial score (nSPS) is 12.4. The fraction of sp³-hybridized carbons (Fsp3) is 0. The Labute approximate surface area is 333 Å². The van der Waals surface area contributed by atoms with Crippen molar-refractivity contribution in [1.29, 1.82) is 0 Å². The molecule has 7 heteroatoms. The molecule has 2 N–H and O–H groups in total. The van der Waals surface area contributed by atoms with Crippen molar-refractivity contribution in [2.75, 3.05) is 0 Å². The van der Waals surface area contributed by atoms with E-state index < -0.39 is 43.2 Å². The van der Waals surface area contributed by atoms with Crippen LogP contribution in [0.25, 0.3) is 0 Å². The molecule has 8 aromatic rings. The van der Waals surface area contributed by atoms with E-state index in [4.69, 9.17) is 7.01 Å². The van der Waals surface area contributed by atoms with Gasteiger partial charge in [-0.25, -0.2) is 0 Å². The first-order chi connectivity index (χ1) is 26.9. The van der Waals surface area contributed by atoms with Crippen molar-refractivity contribution in [2.45, 2.75) is 0 Å². The van der Waals surface area contributed by atoms with Crippen LogP contribution in [0.3, 0.4) is 0 Å². The van der Waals surface area contributed by atoms with E-state index in [-0.39, 0.29) is 0 Å². The van der Waals surface area contributed by atoms with Crippen LogP contribution in [-0.2, 0) is 24.6 Å². The molecule has 8 rings (SSSR count). The van der Waals surface area contributed by atoms with Gasteiger partial charge in [0, 0.05) is 0 Å². The Balaban J connectivity index is 0.000000175. The van der Waals surface area contributed by atoms with Crippen LogP contribution in [0.1, 0.15) is 0 Å². The third kappa shape index (κ3) is 7.17. The van der Waals surface area contributed by atoms with Crippen molar-refractivity contribution in [3.05, 3.63) is 243 Å². The monoisotopic (exact) mass is 929 g/mol. The van der Waals surface area contributed by atoms with Crippen LogP contribution in [0.5, 0.6) is 0 Å².